The molecule has 0 spiro atoms. The molecule has 1 heterocycles. The van der Waals surface area contributed by atoms with Crippen LogP contribution in [0.5, 0.6) is 0 Å². The molecular weight excluding hydrogens is 274 g/mol. The van der Waals surface area contributed by atoms with Crippen molar-refractivity contribution >= 4 is 5.91 Å². The number of aryl methyl sites for hydroxylation is 1. The zero-order chi connectivity index (χ0) is 15.5. The number of nitrogens with one attached hydrogen (secondary N) is 1. The fraction of sp³-hybridized carbons (Fsp3) is 0.611. The summed E-state index contributed by atoms with van der Waals surface area (Å²) < 4.78 is 0. The van der Waals surface area contributed by atoms with Gasteiger partial charge < -0.3 is 5.32 Å². The summed E-state index contributed by atoms with van der Waals surface area (Å²) in [6, 6.07) is 9.19. The molecule has 2 aliphatic rings. The maximum absolute atomic E-state index is 12.1. The highest BCUT2D eigenvalue weighted by molar-refractivity contribution is 5.81. The Morgan fingerprint density at radius 1 is 1.27 bits per heavy atom. The molecule has 1 saturated heterocycles. The molecule has 2 fully saturated rings. The van der Waals surface area contributed by atoms with Crippen molar-refractivity contribution in [2.24, 2.45) is 0 Å². The van der Waals surface area contributed by atoms with Crippen LogP contribution in [0.4, 0.5) is 0 Å². The quantitative estimate of drug-likeness (QED) is 0.900. The second-order valence-corrected chi connectivity index (χ2v) is 6.76. The van der Waals surface area contributed by atoms with Crippen molar-refractivity contribution in [1.29, 1.82) is 0 Å². The van der Waals surface area contributed by atoms with Gasteiger partial charge in [0.15, 0.2) is 0 Å². The molecule has 1 aromatic carbocycles. The number of hydrogen-bond donors (Lipinski definition) is 1. The monoisotopic (exact) mass is 301 g/mol. The first-order valence-electron chi connectivity index (χ1n) is 8.44. The van der Waals surface area contributed by atoms with Gasteiger partial charge >= 0.3 is 0 Å². The zero-order valence-corrected chi connectivity index (χ0v) is 13.7. The summed E-state index contributed by atoms with van der Waals surface area (Å²) in [6.45, 7) is 9.22. The number of benzene rings is 1. The highest BCUT2D eigenvalue weighted by Crippen LogP contribution is 2.19. The third-order valence-electron chi connectivity index (χ3n) is 4.75. The molecular formula is C18H27N3O. The number of rotatable bonds is 5. The number of carbonyl (C=O) groups is 1. The van der Waals surface area contributed by atoms with Crippen LogP contribution < -0.4 is 5.32 Å². The van der Waals surface area contributed by atoms with E-state index in [1.165, 1.54) is 11.1 Å². The first kappa shape index (κ1) is 15.5. The molecule has 1 N–H and O–H groups in total. The summed E-state index contributed by atoms with van der Waals surface area (Å²) in [4.78, 5) is 16.9. The minimum atomic E-state index is 0.00159. The van der Waals surface area contributed by atoms with Gasteiger partial charge in [-0.05, 0) is 32.3 Å². The van der Waals surface area contributed by atoms with Crippen molar-refractivity contribution in [1.82, 2.24) is 15.1 Å². The maximum atomic E-state index is 12.1. The van der Waals surface area contributed by atoms with E-state index in [0.717, 1.165) is 45.6 Å². The Labute approximate surface area is 133 Å². The minimum Gasteiger partial charge on any atom is -0.352 e. The number of amides is 1. The van der Waals surface area contributed by atoms with E-state index < -0.39 is 0 Å². The molecule has 22 heavy (non-hydrogen) atoms. The summed E-state index contributed by atoms with van der Waals surface area (Å²) in [5.74, 6) is 0.203. The predicted octanol–water partition coefficient (Wildman–Crippen LogP) is 1.78. The van der Waals surface area contributed by atoms with Gasteiger partial charge in [-0.3, -0.25) is 14.6 Å². The molecule has 1 aliphatic heterocycles. The van der Waals surface area contributed by atoms with Crippen LogP contribution in [0, 0.1) is 6.92 Å². The van der Waals surface area contributed by atoms with Crippen molar-refractivity contribution < 1.29 is 4.79 Å². The van der Waals surface area contributed by atoms with Crippen LogP contribution in [0.15, 0.2) is 24.3 Å². The SMILES string of the molecule is Cc1cccc(CN2CCN(C(C)C(=O)NC3CC3)CC2)c1. The maximum Gasteiger partial charge on any atom is 0.237 e. The first-order valence-corrected chi connectivity index (χ1v) is 8.44. The van der Waals surface area contributed by atoms with Crippen LogP contribution in [-0.2, 0) is 11.3 Å². The fourth-order valence-corrected chi connectivity index (χ4v) is 3.09. The van der Waals surface area contributed by atoms with E-state index in [9.17, 15) is 4.79 Å². The summed E-state index contributed by atoms with van der Waals surface area (Å²) in [5.41, 5.74) is 2.70. The highest BCUT2D eigenvalue weighted by atomic mass is 16.2. The Kier molecular flexibility index (Phi) is 4.79. The van der Waals surface area contributed by atoms with Gasteiger partial charge in [-0.15, -0.1) is 0 Å². The molecule has 0 bridgehead atoms. The Morgan fingerprint density at radius 3 is 2.64 bits per heavy atom. The Bertz CT molecular complexity index is 519. The smallest absolute Gasteiger partial charge is 0.237 e. The van der Waals surface area contributed by atoms with E-state index >= 15 is 0 Å². The van der Waals surface area contributed by atoms with Crippen molar-refractivity contribution in [2.45, 2.75) is 45.3 Å². The second kappa shape index (κ2) is 6.80. The molecule has 120 valence electrons. The second-order valence-electron chi connectivity index (χ2n) is 6.76. The molecule has 1 amide bonds. The third kappa shape index (κ3) is 4.08. The predicted molar refractivity (Wildman–Crippen MR) is 88.7 cm³/mol. The lowest BCUT2D eigenvalue weighted by Gasteiger charge is -2.37. The zero-order valence-electron chi connectivity index (χ0n) is 13.7. The van der Waals surface area contributed by atoms with Gasteiger partial charge in [-0.2, -0.15) is 0 Å². The van der Waals surface area contributed by atoms with Gasteiger partial charge in [-0.25, -0.2) is 0 Å². The summed E-state index contributed by atoms with van der Waals surface area (Å²) in [7, 11) is 0. The van der Waals surface area contributed by atoms with Gasteiger partial charge in [0.05, 0.1) is 6.04 Å². The van der Waals surface area contributed by atoms with Crippen molar-refractivity contribution in [3.8, 4) is 0 Å². The molecule has 3 rings (SSSR count). The summed E-state index contributed by atoms with van der Waals surface area (Å²) in [6.07, 6.45) is 2.31. The van der Waals surface area contributed by atoms with E-state index in [1.807, 2.05) is 6.92 Å². The minimum absolute atomic E-state index is 0.00159. The average Bonchev–Trinajstić information content (AvgIpc) is 3.31. The lowest BCUT2D eigenvalue weighted by atomic mass is 10.1. The van der Waals surface area contributed by atoms with E-state index in [1.54, 1.807) is 0 Å². The lowest BCUT2D eigenvalue weighted by Crippen LogP contribution is -2.53. The van der Waals surface area contributed by atoms with Crippen LogP contribution in [0.1, 0.15) is 30.9 Å². The number of nitrogens with zero attached hydrogens (tertiary/aromatic N) is 2. The molecule has 0 radical (unpaired) electrons. The Balaban J connectivity index is 1.46. The largest absolute Gasteiger partial charge is 0.352 e. The molecule has 4 heteroatoms. The van der Waals surface area contributed by atoms with Gasteiger partial charge in [-0.1, -0.05) is 29.8 Å². The van der Waals surface area contributed by atoms with Gasteiger partial charge in [0.25, 0.3) is 0 Å². The van der Waals surface area contributed by atoms with E-state index in [4.69, 9.17) is 0 Å². The number of hydrogen-bond acceptors (Lipinski definition) is 3. The number of piperazine rings is 1. The normalized spacial score (nSPS) is 21.5. The van der Waals surface area contributed by atoms with Crippen LogP contribution in [0.3, 0.4) is 0 Å². The first-order chi connectivity index (χ1) is 10.6. The molecule has 1 aliphatic carbocycles. The lowest BCUT2D eigenvalue weighted by molar-refractivity contribution is -0.126. The molecule has 4 nitrogen and oxygen atoms in total. The average molecular weight is 301 g/mol. The summed E-state index contributed by atoms with van der Waals surface area (Å²) in [5, 5.41) is 3.11. The standard InChI is InChI=1S/C18H27N3O/c1-14-4-3-5-16(12-14)13-20-8-10-21(11-9-20)15(2)18(22)19-17-6-7-17/h3-5,12,15,17H,6-11,13H2,1-2H3,(H,19,22). The number of carbonyl (C=O) groups excluding carboxylic acids is 1. The van der Waals surface area contributed by atoms with E-state index in [2.05, 4.69) is 46.3 Å². The van der Waals surface area contributed by atoms with Gasteiger partial charge in [0, 0.05) is 38.8 Å². The van der Waals surface area contributed by atoms with E-state index in [-0.39, 0.29) is 11.9 Å². The summed E-state index contributed by atoms with van der Waals surface area (Å²) >= 11 is 0. The third-order valence-corrected chi connectivity index (χ3v) is 4.75. The van der Waals surface area contributed by atoms with Crippen LogP contribution in [0.25, 0.3) is 0 Å². The van der Waals surface area contributed by atoms with Crippen LogP contribution in [-0.4, -0.2) is 54.0 Å². The molecule has 1 aromatic rings. The molecule has 1 saturated carbocycles. The molecule has 1 unspecified atom stereocenters. The Hall–Kier alpha value is -1.39. The van der Waals surface area contributed by atoms with Crippen molar-refractivity contribution in [3.63, 3.8) is 0 Å². The van der Waals surface area contributed by atoms with Gasteiger partial charge in [0.1, 0.15) is 0 Å². The molecule has 0 aromatic heterocycles. The van der Waals surface area contributed by atoms with Crippen molar-refractivity contribution in [3.05, 3.63) is 35.4 Å². The fourth-order valence-electron chi connectivity index (χ4n) is 3.09. The molecule has 1 atom stereocenters. The van der Waals surface area contributed by atoms with E-state index in [0.29, 0.717) is 6.04 Å². The van der Waals surface area contributed by atoms with Crippen LogP contribution in [0.2, 0.25) is 0 Å². The topological polar surface area (TPSA) is 35.6 Å². The Morgan fingerprint density at radius 2 is 2.00 bits per heavy atom. The highest BCUT2D eigenvalue weighted by Gasteiger charge is 2.29. The van der Waals surface area contributed by atoms with Gasteiger partial charge in [0.2, 0.25) is 5.91 Å². The van der Waals surface area contributed by atoms with Crippen LogP contribution >= 0.6 is 0 Å². The van der Waals surface area contributed by atoms with Crippen molar-refractivity contribution in [2.75, 3.05) is 26.2 Å².